The van der Waals surface area contributed by atoms with Crippen LogP contribution in [0, 0.1) is 17.8 Å². The molecule has 0 spiro atoms. The Balaban J connectivity index is 1.05. The summed E-state index contributed by atoms with van der Waals surface area (Å²) in [6.45, 7) is 7.85. The Labute approximate surface area is 245 Å². The van der Waals surface area contributed by atoms with Crippen molar-refractivity contribution in [2.75, 3.05) is 44.7 Å². The first-order valence-corrected chi connectivity index (χ1v) is 17.0. The van der Waals surface area contributed by atoms with Crippen LogP contribution in [0.15, 0.2) is 59.5 Å². The van der Waals surface area contributed by atoms with Crippen molar-refractivity contribution in [2.45, 2.75) is 73.5 Å². The number of hydrogen-bond acceptors (Lipinski definition) is 6. The molecule has 4 aliphatic rings. The van der Waals surface area contributed by atoms with Crippen molar-refractivity contribution >= 4 is 21.6 Å². The first-order chi connectivity index (χ1) is 19.8. The van der Waals surface area contributed by atoms with E-state index in [0.29, 0.717) is 22.6 Å². The van der Waals surface area contributed by atoms with Gasteiger partial charge in [-0.3, -0.25) is 0 Å². The van der Waals surface area contributed by atoms with Crippen LogP contribution in [0.4, 0.5) is 10.5 Å². The standard InChI is InChI=1S/C33H45N3O4S/c1-33(25-7-4-3-5-8-25,30-9-6-10-31(30)34-32(37)40-2)26-17-19-35(20-18-26)21-24-22-36(23-24)27-11-13-28(14-12-27)41(38,39)29-15-16-29/h3-5,7-8,11-14,24,26,29-31H,6,9-10,15-23H2,1-2H3,(H,34,37)/t30-,31-,33?/m1/s1. The molecule has 4 fully saturated rings. The van der Waals surface area contributed by atoms with Gasteiger partial charge in [-0.25, -0.2) is 13.2 Å². The summed E-state index contributed by atoms with van der Waals surface area (Å²) in [7, 11) is -1.68. The van der Waals surface area contributed by atoms with Crippen molar-refractivity contribution < 1.29 is 17.9 Å². The number of sulfone groups is 1. The zero-order valence-electron chi connectivity index (χ0n) is 24.5. The number of rotatable bonds is 9. The maximum atomic E-state index is 12.5. The van der Waals surface area contributed by atoms with Gasteiger partial charge in [-0.1, -0.05) is 43.7 Å². The van der Waals surface area contributed by atoms with Crippen molar-refractivity contribution in [3.8, 4) is 0 Å². The second kappa shape index (κ2) is 11.6. The second-order valence-electron chi connectivity index (χ2n) is 13.0. The molecule has 222 valence electrons. The van der Waals surface area contributed by atoms with Crippen LogP contribution in [-0.2, 0) is 20.0 Å². The molecule has 1 unspecified atom stereocenters. The molecule has 8 heteroatoms. The number of amides is 1. The molecule has 3 atom stereocenters. The minimum absolute atomic E-state index is 0.00194. The molecular formula is C33H45N3O4S. The highest BCUT2D eigenvalue weighted by atomic mass is 32.2. The Bertz CT molecular complexity index is 1300. The maximum Gasteiger partial charge on any atom is 0.407 e. The predicted octanol–water partition coefficient (Wildman–Crippen LogP) is 5.25. The van der Waals surface area contributed by atoms with Crippen LogP contribution >= 0.6 is 0 Å². The topological polar surface area (TPSA) is 79.0 Å². The summed E-state index contributed by atoms with van der Waals surface area (Å²) in [6.07, 6.45) is 6.89. The SMILES string of the molecule is COC(=O)N[C@@H]1CCC[C@H]1C(C)(c1ccccc1)C1CCN(CC2CN(c3ccc(S(=O)(=O)C4CC4)cc3)C2)CC1. The number of hydrogen-bond donors (Lipinski definition) is 1. The number of carbonyl (C=O) groups excluding carboxylic acids is 1. The van der Waals surface area contributed by atoms with E-state index >= 15 is 0 Å². The van der Waals surface area contributed by atoms with Crippen LogP contribution in [0.1, 0.15) is 57.4 Å². The Hall–Kier alpha value is -2.58. The summed E-state index contributed by atoms with van der Waals surface area (Å²) in [5.41, 5.74) is 2.52. The number of likely N-dealkylation sites (tertiary alicyclic amines) is 1. The van der Waals surface area contributed by atoms with Gasteiger partial charge in [0, 0.05) is 42.7 Å². The van der Waals surface area contributed by atoms with E-state index in [1.807, 2.05) is 12.1 Å². The average molecular weight is 580 g/mol. The molecule has 2 aromatic rings. The minimum atomic E-state index is -3.12. The number of piperidine rings is 1. The van der Waals surface area contributed by atoms with E-state index in [1.165, 1.54) is 25.5 Å². The van der Waals surface area contributed by atoms with E-state index in [-0.39, 0.29) is 22.8 Å². The minimum Gasteiger partial charge on any atom is -0.453 e. The monoisotopic (exact) mass is 579 g/mol. The zero-order valence-corrected chi connectivity index (χ0v) is 25.3. The largest absolute Gasteiger partial charge is 0.453 e. The molecule has 2 heterocycles. The van der Waals surface area contributed by atoms with Crippen molar-refractivity contribution in [1.29, 1.82) is 0 Å². The van der Waals surface area contributed by atoms with Gasteiger partial charge in [0.05, 0.1) is 17.3 Å². The molecule has 2 aliphatic carbocycles. The molecular weight excluding hydrogens is 534 g/mol. The van der Waals surface area contributed by atoms with Crippen LogP contribution in [0.2, 0.25) is 0 Å². The van der Waals surface area contributed by atoms with Crippen LogP contribution < -0.4 is 10.2 Å². The summed E-state index contributed by atoms with van der Waals surface area (Å²) in [5, 5.41) is 3.01. The number of anilines is 1. The molecule has 2 aromatic carbocycles. The van der Waals surface area contributed by atoms with E-state index in [4.69, 9.17) is 4.74 Å². The second-order valence-corrected chi connectivity index (χ2v) is 15.2. The van der Waals surface area contributed by atoms with Crippen LogP contribution in [0.3, 0.4) is 0 Å². The van der Waals surface area contributed by atoms with E-state index in [0.717, 1.165) is 70.5 Å². The highest BCUT2D eigenvalue weighted by Crippen LogP contribution is 2.50. The molecule has 0 radical (unpaired) electrons. The molecule has 1 N–H and O–H groups in total. The third-order valence-electron chi connectivity index (χ3n) is 10.6. The fourth-order valence-electron chi connectivity index (χ4n) is 8.00. The fraction of sp³-hybridized carbons (Fsp3) is 0.606. The highest BCUT2D eigenvalue weighted by Gasteiger charge is 2.49. The number of ether oxygens (including phenoxy) is 1. The molecule has 0 bridgehead atoms. The zero-order chi connectivity index (χ0) is 28.6. The predicted molar refractivity (Wildman–Crippen MR) is 162 cm³/mol. The molecule has 2 saturated carbocycles. The summed E-state index contributed by atoms with van der Waals surface area (Å²) in [4.78, 5) is 17.6. The van der Waals surface area contributed by atoms with Crippen molar-refractivity contribution in [1.82, 2.24) is 10.2 Å². The first-order valence-electron chi connectivity index (χ1n) is 15.5. The molecule has 41 heavy (non-hydrogen) atoms. The maximum absolute atomic E-state index is 12.5. The molecule has 2 aliphatic heterocycles. The number of benzene rings is 2. The van der Waals surface area contributed by atoms with E-state index < -0.39 is 9.84 Å². The van der Waals surface area contributed by atoms with Gasteiger partial charge >= 0.3 is 6.09 Å². The third kappa shape index (κ3) is 5.74. The van der Waals surface area contributed by atoms with E-state index in [9.17, 15) is 13.2 Å². The third-order valence-corrected chi connectivity index (χ3v) is 12.9. The summed E-state index contributed by atoms with van der Waals surface area (Å²) < 4.78 is 30.0. The van der Waals surface area contributed by atoms with Crippen molar-refractivity contribution in [2.24, 2.45) is 17.8 Å². The summed E-state index contributed by atoms with van der Waals surface area (Å²) in [6, 6.07) is 18.7. The number of nitrogens with zero attached hydrogens (tertiary/aromatic N) is 2. The Morgan fingerprint density at radius 1 is 0.951 bits per heavy atom. The van der Waals surface area contributed by atoms with Gasteiger partial charge in [-0.15, -0.1) is 0 Å². The van der Waals surface area contributed by atoms with Gasteiger partial charge < -0.3 is 19.9 Å². The lowest BCUT2D eigenvalue weighted by atomic mass is 9.59. The van der Waals surface area contributed by atoms with E-state index in [1.54, 1.807) is 12.1 Å². The molecule has 6 rings (SSSR count). The van der Waals surface area contributed by atoms with Gasteiger partial charge in [0.2, 0.25) is 0 Å². The van der Waals surface area contributed by atoms with Crippen LogP contribution in [0.5, 0.6) is 0 Å². The van der Waals surface area contributed by atoms with Crippen molar-refractivity contribution in [3.05, 3.63) is 60.2 Å². The Kier molecular flexibility index (Phi) is 8.07. The normalized spacial score (nSPS) is 25.9. The number of nitrogens with one attached hydrogen (secondary N) is 1. The average Bonchev–Trinajstić information content (AvgIpc) is 3.75. The van der Waals surface area contributed by atoms with Crippen molar-refractivity contribution in [3.63, 3.8) is 0 Å². The Morgan fingerprint density at radius 2 is 1.63 bits per heavy atom. The Morgan fingerprint density at radius 3 is 2.27 bits per heavy atom. The molecule has 0 aromatic heterocycles. The number of carbonyl (C=O) groups is 1. The fourth-order valence-corrected chi connectivity index (χ4v) is 9.66. The van der Waals surface area contributed by atoms with Gasteiger partial charge in [-0.05, 0) is 93.3 Å². The van der Waals surface area contributed by atoms with E-state index in [2.05, 4.69) is 52.4 Å². The quantitative estimate of drug-likeness (QED) is 0.437. The molecule has 1 amide bonds. The molecule has 2 saturated heterocycles. The smallest absolute Gasteiger partial charge is 0.407 e. The van der Waals surface area contributed by atoms with Gasteiger partial charge in [0.25, 0.3) is 0 Å². The number of methoxy groups -OCH3 is 1. The number of alkyl carbamates (subject to hydrolysis) is 1. The lowest BCUT2D eigenvalue weighted by Crippen LogP contribution is -2.54. The van der Waals surface area contributed by atoms with Crippen LogP contribution in [-0.4, -0.2) is 70.5 Å². The van der Waals surface area contributed by atoms with Gasteiger partial charge in [-0.2, -0.15) is 0 Å². The van der Waals surface area contributed by atoms with Gasteiger partial charge in [0.1, 0.15) is 0 Å². The van der Waals surface area contributed by atoms with Crippen LogP contribution in [0.25, 0.3) is 0 Å². The lowest BCUT2D eigenvalue weighted by Gasteiger charge is -2.49. The molecule has 7 nitrogen and oxygen atoms in total. The van der Waals surface area contributed by atoms with Gasteiger partial charge in [0.15, 0.2) is 9.84 Å². The first kappa shape index (κ1) is 28.5. The summed E-state index contributed by atoms with van der Waals surface area (Å²) in [5.74, 6) is 1.60. The summed E-state index contributed by atoms with van der Waals surface area (Å²) >= 11 is 0. The lowest BCUT2D eigenvalue weighted by molar-refractivity contribution is 0.0764. The highest BCUT2D eigenvalue weighted by molar-refractivity contribution is 7.92.